The third-order valence-electron chi connectivity index (χ3n) is 2.47. The van der Waals surface area contributed by atoms with Crippen LogP contribution in [0, 0.1) is 11.3 Å². The highest BCUT2D eigenvalue weighted by Crippen LogP contribution is 2.12. The molecule has 0 spiro atoms. The Kier molecular flexibility index (Phi) is 3.78. The summed E-state index contributed by atoms with van der Waals surface area (Å²) >= 11 is 0. The zero-order valence-corrected chi connectivity index (χ0v) is 10.1. The summed E-state index contributed by atoms with van der Waals surface area (Å²) in [5, 5.41) is 12.7. The molecule has 1 aromatic heterocycles. The molecule has 0 radical (unpaired) electrons. The van der Waals surface area contributed by atoms with Crippen LogP contribution < -0.4 is 10.5 Å². The van der Waals surface area contributed by atoms with E-state index in [9.17, 15) is 4.79 Å². The Bertz CT molecular complexity index is 628. The van der Waals surface area contributed by atoms with Gasteiger partial charge in [-0.05, 0) is 18.2 Å². The number of amides is 1. The molecule has 0 fully saturated rings. The molecule has 19 heavy (non-hydrogen) atoms. The summed E-state index contributed by atoms with van der Waals surface area (Å²) in [7, 11) is 0. The minimum atomic E-state index is -0.506. The molecule has 6 heteroatoms. The molecule has 0 bridgehead atoms. The Morgan fingerprint density at radius 3 is 3.05 bits per heavy atom. The van der Waals surface area contributed by atoms with Crippen LogP contribution in [0.25, 0.3) is 0 Å². The minimum Gasteiger partial charge on any atom is -0.492 e. The molecule has 0 atom stereocenters. The number of carbonyl (C=O) groups is 1. The second-order valence-electron chi connectivity index (χ2n) is 3.84. The van der Waals surface area contributed by atoms with Crippen LogP contribution in [0.15, 0.2) is 36.7 Å². The maximum Gasteiger partial charge on any atom is 0.251 e. The van der Waals surface area contributed by atoms with Gasteiger partial charge in [0.1, 0.15) is 12.4 Å². The summed E-state index contributed by atoms with van der Waals surface area (Å²) < 4.78 is 7.07. The maximum absolute atomic E-state index is 10.9. The molecule has 0 unspecified atom stereocenters. The molecule has 0 aliphatic carbocycles. The number of benzene rings is 1. The monoisotopic (exact) mass is 256 g/mol. The van der Waals surface area contributed by atoms with Crippen molar-refractivity contribution in [2.45, 2.75) is 6.54 Å². The van der Waals surface area contributed by atoms with Gasteiger partial charge in [0.05, 0.1) is 29.9 Å². The molecular weight excluding hydrogens is 244 g/mol. The molecule has 0 aliphatic rings. The van der Waals surface area contributed by atoms with Crippen molar-refractivity contribution in [2.24, 2.45) is 5.73 Å². The van der Waals surface area contributed by atoms with E-state index in [0.29, 0.717) is 30.0 Å². The zero-order chi connectivity index (χ0) is 13.7. The summed E-state index contributed by atoms with van der Waals surface area (Å²) in [6.45, 7) is 0.874. The molecule has 0 aliphatic heterocycles. The van der Waals surface area contributed by atoms with Crippen LogP contribution in [-0.4, -0.2) is 22.3 Å². The standard InChI is InChI=1S/C13H12N4O2/c14-7-10-2-1-3-12(6-10)19-5-4-17-9-11(8-16-17)13(15)18/h1-3,6,8-9H,4-5H2,(H2,15,18). The van der Waals surface area contributed by atoms with Gasteiger partial charge in [0, 0.05) is 6.20 Å². The fourth-order valence-electron chi connectivity index (χ4n) is 1.53. The third-order valence-corrected chi connectivity index (χ3v) is 2.47. The van der Waals surface area contributed by atoms with Gasteiger partial charge in [-0.1, -0.05) is 6.07 Å². The Hall–Kier alpha value is -2.81. The molecule has 1 amide bonds. The Morgan fingerprint density at radius 2 is 2.37 bits per heavy atom. The number of ether oxygens (including phenoxy) is 1. The van der Waals surface area contributed by atoms with Gasteiger partial charge in [-0.2, -0.15) is 10.4 Å². The molecule has 96 valence electrons. The van der Waals surface area contributed by atoms with Crippen molar-refractivity contribution in [1.29, 1.82) is 5.26 Å². The molecule has 1 heterocycles. The maximum atomic E-state index is 10.9. The predicted octanol–water partition coefficient (Wildman–Crippen LogP) is 0.933. The van der Waals surface area contributed by atoms with Gasteiger partial charge in [0.2, 0.25) is 0 Å². The summed E-state index contributed by atoms with van der Waals surface area (Å²) in [5.74, 6) is 0.121. The van der Waals surface area contributed by atoms with Crippen LogP contribution in [0.2, 0.25) is 0 Å². The van der Waals surface area contributed by atoms with E-state index < -0.39 is 5.91 Å². The first kappa shape index (κ1) is 12.6. The van der Waals surface area contributed by atoms with Crippen LogP contribution >= 0.6 is 0 Å². The van der Waals surface area contributed by atoms with Crippen LogP contribution in [-0.2, 0) is 6.54 Å². The Morgan fingerprint density at radius 1 is 1.53 bits per heavy atom. The van der Waals surface area contributed by atoms with Crippen LogP contribution in [0.4, 0.5) is 0 Å². The lowest BCUT2D eigenvalue weighted by molar-refractivity contribution is 0.1000. The number of rotatable bonds is 5. The number of aromatic nitrogens is 2. The second kappa shape index (κ2) is 5.69. The second-order valence-corrected chi connectivity index (χ2v) is 3.84. The van der Waals surface area contributed by atoms with E-state index in [1.54, 1.807) is 35.1 Å². The lowest BCUT2D eigenvalue weighted by Crippen LogP contribution is -2.11. The summed E-state index contributed by atoms with van der Waals surface area (Å²) in [4.78, 5) is 10.9. The average Bonchev–Trinajstić information content (AvgIpc) is 2.88. The molecule has 6 nitrogen and oxygen atoms in total. The number of carbonyl (C=O) groups excluding carboxylic acids is 1. The van der Waals surface area contributed by atoms with Gasteiger partial charge >= 0.3 is 0 Å². The molecule has 1 aromatic carbocycles. The first-order chi connectivity index (χ1) is 9.19. The lowest BCUT2D eigenvalue weighted by atomic mass is 10.2. The highest BCUT2D eigenvalue weighted by atomic mass is 16.5. The minimum absolute atomic E-state index is 0.367. The molecular formula is C13H12N4O2. The van der Waals surface area contributed by atoms with E-state index in [0.717, 1.165) is 0 Å². The highest BCUT2D eigenvalue weighted by molar-refractivity contribution is 5.92. The molecule has 2 rings (SSSR count). The zero-order valence-electron chi connectivity index (χ0n) is 10.1. The number of hydrogen-bond acceptors (Lipinski definition) is 4. The number of hydrogen-bond donors (Lipinski definition) is 1. The quantitative estimate of drug-likeness (QED) is 0.861. The number of nitrogens with two attached hydrogens (primary N) is 1. The number of primary amides is 1. The van der Waals surface area contributed by atoms with Crippen LogP contribution in [0.5, 0.6) is 5.75 Å². The molecule has 2 N–H and O–H groups in total. The van der Waals surface area contributed by atoms with Gasteiger partial charge in [-0.3, -0.25) is 9.48 Å². The van der Waals surface area contributed by atoms with E-state index in [1.807, 2.05) is 6.07 Å². The first-order valence-corrected chi connectivity index (χ1v) is 5.64. The van der Waals surface area contributed by atoms with E-state index in [1.165, 1.54) is 6.20 Å². The summed E-state index contributed by atoms with van der Waals surface area (Å²) in [6.07, 6.45) is 2.98. The summed E-state index contributed by atoms with van der Waals surface area (Å²) in [6, 6.07) is 8.95. The van der Waals surface area contributed by atoms with Crippen molar-refractivity contribution in [1.82, 2.24) is 9.78 Å². The molecule has 0 saturated carbocycles. The van der Waals surface area contributed by atoms with Crippen molar-refractivity contribution in [3.63, 3.8) is 0 Å². The van der Waals surface area contributed by atoms with Crippen LogP contribution in [0.3, 0.4) is 0 Å². The van der Waals surface area contributed by atoms with Gasteiger partial charge < -0.3 is 10.5 Å². The van der Waals surface area contributed by atoms with Crippen molar-refractivity contribution in [3.8, 4) is 11.8 Å². The van der Waals surface area contributed by atoms with E-state index in [4.69, 9.17) is 15.7 Å². The first-order valence-electron chi connectivity index (χ1n) is 5.64. The van der Waals surface area contributed by atoms with E-state index in [2.05, 4.69) is 5.10 Å². The van der Waals surface area contributed by atoms with Crippen molar-refractivity contribution in [3.05, 3.63) is 47.8 Å². The largest absolute Gasteiger partial charge is 0.492 e. The van der Waals surface area contributed by atoms with Gasteiger partial charge in [0.15, 0.2) is 0 Å². The van der Waals surface area contributed by atoms with E-state index in [-0.39, 0.29) is 0 Å². The normalized spacial score (nSPS) is 9.84. The van der Waals surface area contributed by atoms with Gasteiger partial charge in [-0.25, -0.2) is 0 Å². The number of nitrogens with zero attached hydrogens (tertiary/aromatic N) is 3. The SMILES string of the molecule is N#Cc1cccc(OCCn2cc(C(N)=O)cn2)c1. The van der Waals surface area contributed by atoms with Crippen molar-refractivity contribution < 1.29 is 9.53 Å². The van der Waals surface area contributed by atoms with Crippen molar-refractivity contribution >= 4 is 5.91 Å². The van der Waals surface area contributed by atoms with Gasteiger partial charge in [-0.15, -0.1) is 0 Å². The fourth-order valence-corrected chi connectivity index (χ4v) is 1.53. The predicted molar refractivity (Wildman–Crippen MR) is 67.4 cm³/mol. The highest BCUT2D eigenvalue weighted by Gasteiger charge is 2.03. The molecule has 0 saturated heterocycles. The smallest absolute Gasteiger partial charge is 0.251 e. The molecule has 2 aromatic rings. The van der Waals surface area contributed by atoms with Gasteiger partial charge in [0.25, 0.3) is 5.91 Å². The Labute approximate surface area is 110 Å². The topological polar surface area (TPSA) is 93.9 Å². The average molecular weight is 256 g/mol. The third kappa shape index (κ3) is 3.33. The van der Waals surface area contributed by atoms with E-state index >= 15 is 0 Å². The summed E-state index contributed by atoms with van der Waals surface area (Å²) in [5.41, 5.74) is 6.04. The van der Waals surface area contributed by atoms with Crippen LogP contribution in [0.1, 0.15) is 15.9 Å². The lowest BCUT2D eigenvalue weighted by Gasteiger charge is -2.06. The fraction of sp³-hybridized carbons (Fsp3) is 0.154. The Balaban J connectivity index is 1.89. The van der Waals surface area contributed by atoms with Crippen molar-refractivity contribution in [2.75, 3.05) is 6.61 Å². The number of nitriles is 1.